The van der Waals surface area contributed by atoms with Crippen molar-refractivity contribution in [2.24, 2.45) is 0 Å². The Morgan fingerprint density at radius 3 is 2.18 bits per heavy atom. The molecule has 0 unspecified atom stereocenters. The summed E-state index contributed by atoms with van der Waals surface area (Å²) in [7, 11) is 0. The third kappa shape index (κ3) is 4.60. The number of hydrogen-bond donors (Lipinski definition) is 0. The molecule has 0 bridgehead atoms. The van der Waals surface area contributed by atoms with Crippen molar-refractivity contribution < 1.29 is 0 Å². The van der Waals surface area contributed by atoms with Gasteiger partial charge in [-0.15, -0.1) is 0 Å². The molecule has 0 aromatic rings. The summed E-state index contributed by atoms with van der Waals surface area (Å²) in [5.74, 6) is 0. The van der Waals surface area contributed by atoms with Crippen LogP contribution in [0.2, 0.25) is 0 Å². The summed E-state index contributed by atoms with van der Waals surface area (Å²) in [6.45, 7) is 16.1. The Labute approximate surface area is 135 Å². The maximum atomic E-state index is 4.04. The van der Waals surface area contributed by atoms with Crippen LogP contribution in [-0.2, 0) is 0 Å². The molecule has 0 saturated heterocycles. The summed E-state index contributed by atoms with van der Waals surface area (Å²) in [4.78, 5) is 0. The van der Waals surface area contributed by atoms with E-state index in [1.165, 1.54) is 16.7 Å². The SMILES string of the molecule is C=C/C=C(\C=C/C)C1=C(C=C)/C(C=C)=C(/C)C/C=C\C=C/C\1. The van der Waals surface area contributed by atoms with E-state index in [2.05, 4.69) is 63.1 Å². The zero-order chi connectivity index (χ0) is 16.4. The summed E-state index contributed by atoms with van der Waals surface area (Å²) >= 11 is 0. The summed E-state index contributed by atoms with van der Waals surface area (Å²) in [6, 6.07) is 0. The van der Waals surface area contributed by atoms with E-state index in [4.69, 9.17) is 0 Å². The van der Waals surface area contributed by atoms with E-state index in [-0.39, 0.29) is 0 Å². The predicted molar refractivity (Wildman–Crippen MR) is 101 cm³/mol. The molecule has 0 aromatic heterocycles. The van der Waals surface area contributed by atoms with Crippen molar-refractivity contribution in [3.63, 3.8) is 0 Å². The third-order valence-corrected chi connectivity index (χ3v) is 3.60. The first-order chi connectivity index (χ1) is 10.7. The quantitative estimate of drug-likeness (QED) is 0.502. The monoisotopic (exact) mass is 290 g/mol. The summed E-state index contributed by atoms with van der Waals surface area (Å²) in [5.41, 5.74) is 6.03. The van der Waals surface area contributed by atoms with E-state index in [1.807, 2.05) is 31.2 Å². The second kappa shape index (κ2) is 9.57. The van der Waals surface area contributed by atoms with Gasteiger partial charge in [-0.05, 0) is 49.0 Å². The Bertz CT molecular complexity index is 610. The Morgan fingerprint density at radius 1 is 1.00 bits per heavy atom. The molecule has 0 N–H and O–H groups in total. The lowest BCUT2D eigenvalue weighted by Gasteiger charge is -2.17. The average molecular weight is 290 g/mol. The summed E-state index contributed by atoms with van der Waals surface area (Å²) < 4.78 is 0. The van der Waals surface area contributed by atoms with Gasteiger partial charge in [0.15, 0.2) is 0 Å². The summed E-state index contributed by atoms with van der Waals surface area (Å²) in [5, 5.41) is 0. The van der Waals surface area contributed by atoms with Crippen LogP contribution in [0.1, 0.15) is 26.7 Å². The van der Waals surface area contributed by atoms with Crippen LogP contribution in [-0.4, -0.2) is 0 Å². The lowest BCUT2D eigenvalue weighted by Crippen LogP contribution is -1.98. The molecule has 22 heavy (non-hydrogen) atoms. The second-order valence-electron chi connectivity index (χ2n) is 5.12. The van der Waals surface area contributed by atoms with Crippen LogP contribution in [0, 0.1) is 0 Å². The highest BCUT2D eigenvalue weighted by Crippen LogP contribution is 2.30. The molecule has 0 heterocycles. The van der Waals surface area contributed by atoms with Crippen molar-refractivity contribution in [3.8, 4) is 0 Å². The molecule has 0 fully saturated rings. The molecule has 0 aliphatic heterocycles. The molecule has 1 aliphatic rings. The molecule has 1 rings (SSSR count). The topological polar surface area (TPSA) is 0 Å². The third-order valence-electron chi connectivity index (χ3n) is 3.60. The van der Waals surface area contributed by atoms with Gasteiger partial charge in [0.2, 0.25) is 0 Å². The Balaban J connectivity index is 3.66. The predicted octanol–water partition coefficient (Wildman–Crippen LogP) is 6.57. The van der Waals surface area contributed by atoms with Gasteiger partial charge in [0.05, 0.1) is 0 Å². The van der Waals surface area contributed by atoms with Crippen LogP contribution in [0.4, 0.5) is 0 Å². The van der Waals surface area contributed by atoms with E-state index in [0.29, 0.717) is 0 Å². The van der Waals surface area contributed by atoms with Crippen molar-refractivity contribution in [1.82, 2.24) is 0 Å². The minimum atomic E-state index is 0.848. The lowest BCUT2D eigenvalue weighted by molar-refractivity contribution is 1.14. The standard InChI is InChI=1S/C22H26/c1-6-14-19(15-7-2)22-17-13-11-10-12-16-18(5)20(8-3)21(22)9-4/h6-15H,1,3-4,16-17H2,2,5H3/b12-10-,13-11-,15-7-,19-14+,20-18-,22-21+. The number of hydrogen-bond acceptors (Lipinski definition) is 0. The van der Waals surface area contributed by atoms with Crippen molar-refractivity contribution in [1.29, 1.82) is 0 Å². The molecule has 0 heteroatoms. The average Bonchev–Trinajstić information content (AvgIpc) is 2.52. The van der Waals surface area contributed by atoms with Gasteiger partial charge >= 0.3 is 0 Å². The normalized spacial score (nSPS) is 26.5. The van der Waals surface area contributed by atoms with E-state index in [9.17, 15) is 0 Å². The van der Waals surface area contributed by atoms with E-state index in [1.54, 1.807) is 0 Å². The number of rotatable bonds is 5. The second-order valence-corrected chi connectivity index (χ2v) is 5.12. The van der Waals surface area contributed by atoms with Gasteiger partial charge in [0, 0.05) is 0 Å². The maximum absolute atomic E-state index is 4.04. The van der Waals surface area contributed by atoms with Gasteiger partial charge in [-0.2, -0.15) is 0 Å². The fourth-order valence-corrected chi connectivity index (χ4v) is 2.55. The first kappa shape index (κ1) is 17.7. The highest BCUT2D eigenvalue weighted by Gasteiger charge is 2.11. The minimum absolute atomic E-state index is 0.848. The van der Waals surface area contributed by atoms with Crippen molar-refractivity contribution in [2.75, 3.05) is 0 Å². The molecule has 1 aliphatic carbocycles. The van der Waals surface area contributed by atoms with E-state index >= 15 is 0 Å². The first-order valence-corrected chi connectivity index (χ1v) is 7.65. The molecule has 114 valence electrons. The van der Waals surface area contributed by atoms with Gasteiger partial charge in [0.1, 0.15) is 0 Å². The van der Waals surface area contributed by atoms with Crippen molar-refractivity contribution in [2.45, 2.75) is 26.7 Å². The molecule has 0 radical (unpaired) electrons. The van der Waals surface area contributed by atoms with Gasteiger partial charge < -0.3 is 0 Å². The van der Waals surface area contributed by atoms with Crippen molar-refractivity contribution in [3.05, 3.63) is 108 Å². The van der Waals surface area contributed by atoms with Crippen LogP contribution >= 0.6 is 0 Å². The summed E-state index contributed by atoms with van der Waals surface area (Å²) in [6.07, 6.45) is 22.2. The molecular formula is C22H26. The van der Waals surface area contributed by atoms with E-state index < -0.39 is 0 Å². The molecular weight excluding hydrogens is 264 g/mol. The molecule has 0 atom stereocenters. The number of allylic oxidation sites excluding steroid dienone is 15. The Hall–Kier alpha value is -2.34. The molecule has 0 aromatic carbocycles. The maximum Gasteiger partial charge on any atom is -0.00822 e. The molecule has 0 spiro atoms. The van der Waals surface area contributed by atoms with Crippen LogP contribution < -0.4 is 0 Å². The highest BCUT2D eigenvalue weighted by atomic mass is 14.2. The Morgan fingerprint density at radius 2 is 1.64 bits per heavy atom. The largest absolute Gasteiger partial charge is 0.0990 e. The zero-order valence-electron chi connectivity index (χ0n) is 13.8. The van der Waals surface area contributed by atoms with Gasteiger partial charge in [-0.3, -0.25) is 0 Å². The van der Waals surface area contributed by atoms with Crippen molar-refractivity contribution >= 4 is 0 Å². The van der Waals surface area contributed by atoms with Crippen LogP contribution in [0.3, 0.4) is 0 Å². The Kier molecular flexibility index (Phi) is 7.70. The molecule has 0 nitrogen and oxygen atoms in total. The van der Waals surface area contributed by atoms with Crippen LogP contribution in [0.25, 0.3) is 0 Å². The molecule has 0 amide bonds. The van der Waals surface area contributed by atoms with Crippen LogP contribution in [0.15, 0.2) is 108 Å². The van der Waals surface area contributed by atoms with Crippen LogP contribution in [0.5, 0.6) is 0 Å². The van der Waals surface area contributed by atoms with Gasteiger partial charge in [-0.25, -0.2) is 0 Å². The lowest BCUT2D eigenvalue weighted by atomic mass is 9.88. The molecule has 0 saturated carbocycles. The first-order valence-electron chi connectivity index (χ1n) is 7.65. The smallest absolute Gasteiger partial charge is 0.00822 e. The fraction of sp³-hybridized carbons (Fsp3) is 0.182. The van der Waals surface area contributed by atoms with E-state index in [0.717, 1.165) is 24.0 Å². The van der Waals surface area contributed by atoms with Gasteiger partial charge in [-0.1, -0.05) is 86.1 Å². The fourth-order valence-electron chi connectivity index (χ4n) is 2.55. The minimum Gasteiger partial charge on any atom is -0.0990 e. The zero-order valence-corrected chi connectivity index (χ0v) is 13.8. The van der Waals surface area contributed by atoms with Gasteiger partial charge in [0.25, 0.3) is 0 Å². The highest BCUT2D eigenvalue weighted by molar-refractivity contribution is 5.58.